The van der Waals surface area contributed by atoms with E-state index in [9.17, 15) is 9.59 Å². The maximum Gasteiger partial charge on any atom is 0.227 e. The van der Waals surface area contributed by atoms with Gasteiger partial charge in [-0.15, -0.1) is 0 Å². The van der Waals surface area contributed by atoms with Crippen molar-refractivity contribution >= 4 is 29.1 Å². The molecule has 0 spiro atoms. The Morgan fingerprint density at radius 2 is 2.05 bits per heavy atom. The maximum atomic E-state index is 12.1. The van der Waals surface area contributed by atoms with Crippen LogP contribution in [-0.2, 0) is 9.59 Å². The van der Waals surface area contributed by atoms with Crippen molar-refractivity contribution < 1.29 is 9.59 Å². The molecule has 2 amide bonds. The first-order valence-corrected chi connectivity index (χ1v) is 7.33. The second-order valence-corrected chi connectivity index (χ2v) is 5.91. The van der Waals surface area contributed by atoms with Crippen LogP contribution in [0.4, 0.5) is 5.69 Å². The summed E-state index contributed by atoms with van der Waals surface area (Å²) in [6.07, 6.45) is 0.260. The zero-order chi connectivity index (χ0) is 15.4. The van der Waals surface area contributed by atoms with E-state index in [-0.39, 0.29) is 24.2 Å². The molecule has 114 valence electrons. The summed E-state index contributed by atoms with van der Waals surface area (Å²) in [6, 6.07) is 7.09. The summed E-state index contributed by atoms with van der Waals surface area (Å²) < 4.78 is 0. The molecule has 1 fully saturated rings. The average Bonchev–Trinajstić information content (AvgIpc) is 2.81. The van der Waals surface area contributed by atoms with E-state index in [1.54, 1.807) is 29.2 Å². The predicted molar refractivity (Wildman–Crippen MR) is 83.5 cm³/mol. The number of nitrogens with zero attached hydrogens (tertiary/aromatic N) is 2. The maximum absolute atomic E-state index is 12.1. The first-order chi connectivity index (χ1) is 9.97. The molecule has 5 nitrogen and oxygen atoms in total. The van der Waals surface area contributed by atoms with Gasteiger partial charge < -0.3 is 15.1 Å². The van der Waals surface area contributed by atoms with E-state index in [1.165, 1.54) is 0 Å². The summed E-state index contributed by atoms with van der Waals surface area (Å²) in [6.45, 7) is 1.80. The largest absolute Gasteiger partial charge is 0.355 e. The Kier molecular flexibility index (Phi) is 5.20. The van der Waals surface area contributed by atoms with E-state index < -0.39 is 0 Å². The lowest BCUT2D eigenvalue weighted by Gasteiger charge is -2.17. The molecular formula is C15H20ClN3O2. The van der Waals surface area contributed by atoms with Crippen LogP contribution in [0.5, 0.6) is 0 Å². The molecule has 1 aliphatic rings. The van der Waals surface area contributed by atoms with Gasteiger partial charge in [0.2, 0.25) is 11.8 Å². The molecule has 1 aliphatic heterocycles. The molecule has 21 heavy (non-hydrogen) atoms. The van der Waals surface area contributed by atoms with Crippen LogP contribution in [0.3, 0.4) is 0 Å². The second kappa shape index (κ2) is 6.91. The van der Waals surface area contributed by atoms with Gasteiger partial charge in [0.05, 0.1) is 5.92 Å². The zero-order valence-electron chi connectivity index (χ0n) is 12.3. The Morgan fingerprint density at radius 3 is 2.67 bits per heavy atom. The highest BCUT2D eigenvalue weighted by molar-refractivity contribution is 6.30. The van der Waals surface area contributed by atoms with Gasteiger partial charge in [0.1, 0.15) is 0 Å². The minimum Gasteiger partial charge on any atom is -0.355 e. The molecule has 1 atom stereocenters. The van der Waals surface area contributed by atoms with Crippen molar-refractivity contribution in [2.24, 2.45) is 5.92 Å². The van der Waals surface area contributed by atoms with Crippen LogP contribution in [0.25, 0.3) is 0 Å². The number of likely N-dealkylation sites (N-methyl/N-ethyl adjacent to an activating group) is 1. The second-order valence-electron chi connectivity index (χ2n) is 5.48. The van der Waals surface area contributed by atoms with E-state index in [0.29, 0.717) is 18.1 Å². The highest BCUT2D eigenvalue weighted by Gasteiger charge is 2.34. The number of hydrogen-bond acceptors (Lipinski definition) is 3. The van der Waals surface area contributed by atoms with Crippen molar-refractivity contribution in [3.8, 4) is 0 Å². The minimum absolute atomic E-state index is 0.0231. The Labute approximate surface area is 129 Å². The molecule has 1 saturated heterocycles. The summed E-state index contributed by atoms with van der Waals surface area (Å²) in [5.74, 6) is -0.359. The Hall–Kier alpha value is -1.59. The van der Waals surface area contributed by atoms with Crippen molar-refractivity contribution in [1.82, 2.24) is 10.2 Å². The number of amides is 2. The van der Waals surface area contributed by atoms with Gasteiger partial charge >= 0.3 is 0 Å². The Bertz CT molecular complexity index is 516. The first kappa shape index (κ1) is 15.8. The van der Waals surface area contributed by atoms with Gasteiger partial charge in [-0.05, 0) is 38.4 Å². The molecule has 1 aromatic carbocycles. The molecule has 0 bridgehead atoms. The average molecular weight is 310 g/mol. The normalized spacial score (nSPS) is 18.4. The van der Waals surface area contributed by atoms with E-state index in [1.807, 2.05) is 19.0 Å². The summed E-state index contributed by atoms with van der Waals surface area (Å²) in [7, 11) is 3.90. The fraction of sp³-hybridized carbons (Fsp3) is 0.467. The Morgan fingerprint density at radius 1 is 1.38 bits per heavy atom. The molecule has 0 aliphatic carbocycles. The fourth-order valence-electron chi connectivity index (χ4n) is 2.30. The van der Waals surface area contributed by atoms with E-state index in [0.717, 1.165) is 12.2 Å². The number of hydrogen-bond donors (Lipinski definition) is 1. The van der Waals surface area contributed by atoms with E-state index in [4.69, 9.17) is 11.6 Å². The van der Waals surface area contributed by atoms with E-state index >= 15 is 0 Å². The summed E-state index contributed by atoms with van der Waals surface area (Å²) in [5.41, 5.74) is 0.785. The van der Waals surface area contributed by atoms with Crippen LogP contribution in [0, 0.1) is 5.92 Å². The summed E-state index contributed by atoms with van der Waals surface area (Å²) in [5, 5.41) is 3.51. The third kappa shape index (κ3) is 4.19. The van der Waals surface area contributed by atoms with Gasteiger partial charge in [-0.2, -0.15) is 0 Å². The lowest BCUT2D eigenvalue weighted by atomic mass is 10.1. The number of carbonyl (C=O) groups excluding carboxylic acids is 2. The quantitative estimate of drug-likeness (QED) is 0.894. The smallest absolute Gasteiger partial charge is 0.227 e. The molecule has 1 aromatic rings. The molecule has 1 N–H and O–H groups in total. The lowest BCUT2D eigenvalue weighted by molar-refractivity contribution is -0.126. The van der Waals surface area contributed by atoms with Gasteiger partial charge in [-0.1, -0.05) is 11.6 Å². The van der Waals surface area contributed by atoms with Crippen LogP contribution in [-0.4, -0.2) is 50.4 Å². The van der Waals surface area contributed by atoms with Crippen molar-refractivity contribution in [2.75, 3.05) is 38.6 Å². The number of carbonyl (C=O) groups is 2. The van der Waals surface area contributed by atoms with Crippen LogP contribution >= 0.6 is 11.6 Å². The third-order valence-corrected chi connectivity index (χ3v) is 3.74. The minimum atomic E-state index is -0.282. The highest BCUT2D eigenvalue weighted by Crippen LogP contribution is 2.26. The summed E-state index contributed by atoms with van der Waals surface area (Å²) >= 11 is 5.85. The van der Waals surface area contributed by atoms with Crippen LogP contribution in [0.1, 0.15) is 6.42 Å². The number of nitrogens with one attached hydrogen (secondary N) is 1. The van der Waals surface area contributed by atoms with Crippen LogP contribution in [0.2, 0.25) is 5.02 Å². The van der Waals surface area contributed by atoms with Crippen molar-refractivity contribution in [3.05, 3.63) is 29.3 Å². The number of anilines is 1. The highest BCUT2D eigenvalue weighted by atomic mass is 35.5. The molecule has 1 heterocycles. The SMILES string of the molecule is CN(C)CCNC(=O)[C@H]1CC(=O)N(c2ccc(Cl)cc2)C1. The third-order valence-electron chi connectivity index (χ3n) is 3.49. The molecule has 0 unspecified atom stereocenters. The monoisotopic (exact) mass is 309 g/mol. The fourth-order valence-corrected chi connectivity index (χ4v) is 2.43. The topological polar surface area (TPSA) is 52.7 Å². The van der Waals surface area contributed by atoms with Gasteiger partial charge in [0.15, 0.2) is 0 Å². The van der Waals surface area contributed by atoms with Crippen molar-refractivity contribution in [2.45, 2.75) is 6.42 Å². The van der Waals surface area contributed by atoms with Crippen LogP contribution < -0.4 is 10.2 Å². The zero-order valence-corrected chi connectivity index (χ0v) is 13.1. The van der Waals surface area contributed by atoms with Gasteiger partial charge in [-0.3, -0.25) is 9.59 Å². The molecule has 0 radical (unpaired) electrons. The molecule has 0 aromatic heterocycles. The lowest BCUT2D eigenvalue weighted by Crippen LogP contribution is -2.36. The van der Waals surface area contributed by atoms with Crippen LogP contribution in [0.15, 0.2) is 24.3 Å². The molecule has 2 rings (SSSR count). The van der Waals surface area contributed by atoms with Gasteiger partial charge in [0, 0.05) is 36.8 Å². The molecular weight excluding hydrogens is 290 g/mol. The molecule has 6 heteroatoms. The van der Waals surface area contributed by atoms with Gasteiger partial charge in [0.25, 0.3) is 0 Å². The predicted octanol–water partition coefficient (Wildman–Crippen LogP) is 1.37. The number of rotatable bonds is 5. The summed E-state index contributed by atoms with van der Waals surface area (Å²) in [4.78, 5) is 27.8. The standard InChI is InChI=1S/C15H20ClN3O2/c1-18(2)8-7-17-15(21)11-9-14(20)19(10-11)13-5-3-12(16)4-6-13/h3-6,11H,7-10H2,1-2H3,(H,17,21)/t11-/m0/s1. The van der Waals surface area contributed by atoms with Crippen molar-refractivity contribution in [3.63, 3.8) is 0 Å². The number of benzene rings is 1. The Balaban J connectivity index is 1.93. The number of halogens is 1. The first-order valence-electron chi connectivity index (χ1n) is 6.95. The van der Waals surface area contributed by atoms with Crippen molar-refractivity contribution in [1.29, 1.82) is 0 Å². The van der Waals surface area contributed by atoms with E-state index in [2.05, 4.69) is 5.32 Å². The molecule has 0 saturated carbocycles. The van der Waals surface area contributed by atoms with Gasteiger partial charge in [-0.25, -0.2) is 0 Å².